The van der Waals surface area contributed by atoms with Crippen molar-refractivity contribution in [3.8, 4) is 11.4 Å². The summed E-state index contributed by atoms with van der Waals surface area (Å²) in [7, 11) is 0. The number of rotatable bonds is 10. The highest BCUT2D eigenvalue weighted by atomic mass is 32.1. The Hall–Kier alpha value is -2.68. The Morgan fingerprint density at radius 3 is 2.77 bits per heavy atom. The second-order valence-electron chi connectivity index (χ2n) is 7.62. The van der Waals surface area contributed by atoms with E-state index < -0.39 is 6.09 Å². The molecule has 2 aromatic rings. The Bertz CT molecular complexity index is 906. The minimum Gasteiger partial charge on any atom is -0.450 e. The molecule has 1 heterocycles. The third-order valence-electron chi connectivity index (χ3n) is 4.50. The van der Waals surface area contributed by atoms with Crippen LogP contribution in [0.15, 0.2) is 24.3 Å². The summed E-state index contributed by atoms with van der Waals surface area (Å²) in [5.74, 6) is 0.959. The number of alkyl carbamates (subject to hydrolysis) is 1. The Labute approximate surface area is 182 Å². The maximum atomic E-state index is 12.4. The van der Waals surface area contributed by atoms with Gasteiger partial charge in [-0.1, -0.05) is 37.6 Å². The van der Waals surface area contributed by atoms with Crippen LogP contribution >= 0.6 is 12.2 Å². The van der Waals surface area contributed by atoms with Crippen molar-refractivity contribution in [1.29, 1.82) is 0 Å². The molecule has 0 aliphatic heterocycles. The molecule has 0 saturated heterocycles. The van der Waals surface area contributed by atoms with Gasteiger partial charge in [0.25, 0.3) is 0 Å². The lowest BCUT2D eigenvalue weighted by molar-refractivity contribution is -0.121. The van der Waals surface area contributed by atoms with Crippen molar-refractivity contribution in [1.82, 2.24) is 25.4 Å². The SMILES string of the molecule is CCOC(=O)NC(CNC(=O)CCn1c(-c2cccc(C)c2)n[nH]c1=S)CC(C)C. The van der Waals surface area contributed by atoms with E-state index in [1.54, 1.807) is 6.92 Å². The van der Waals surface area contributed by atoms with Crippen molar-refractivity contribution in [3.05, 3.63) is 34.6 Å². The first-order chi connectivity index (χ1) is 14.3. The molecule has 0 radical (unpaired) electrons. The molecule has 0 fully saturated rings. The molecule has 1 atom stereocenters. The highest BCUT2D eigenvalue weighted by molar-refractivity contribution is 7.71. The van der Waals surface area contributed by atoms with Crippen molar-refractivity contribution in [2.24, 2.45) is 5.92 Å². The van der Waals surface area contributed by atoms with Crippen LogP contribution < -0.4 is 10.6 Å². The van der Waals surface area contributed by atoms with E-state index in [1.807, 2.05) is 35.8 Å². The number of benzene rings is 1. The molecular formula is C21H31N5O3S. The van der Waals surface area contributed by atoms with Crippen LogP contribution in [-0.4, -0.2) is 46.0 Å². The minimum atomic E-state index is -0.468. The molecule has 0 bridgehead atoms. The van der Waals surface area contributed by atoms with E-state index in [9.17, 15) is 9.59 Å². The lowest BCUT2D eigenvalue weighted by Gasteiger charge is -2.20. The van der Waals surface area contributed by atoms with E-state index in [-0.39, 0.29) is 18.4 Å². The molecule has 8 nitrogen and oxygen atoms in total. The maximum Gasteiger partial charge on any atom is 0.407 e. The number of aryl methyl sites for hydroxylation is 1. The molecule has 1 aromatic carbocycles. The van der Waals surface area contributed by atoms with Crippen LogP contribution in [0.3, 0.4) is 0 Å². The Morgan fingerprint density at radius 1 is 1.33 bits per heavy atom. The third-order valence-corrected chi connectivity index (χ3v) is 4.81. The fourth-order valence-corrected chi connectivity index (χ4v) is 3.39. The normalized spacial score (nSPS) is 11.9. The fourth-order valence-electron chi connectivity index (χ4n) is 3.17. The second kappa shape index (κ2) is 11.5. The number of nitrogens with one attached hydrogen (secondary N) is 3. The van der Waals surface area contributed by atoms with E-state index >= 15 is 0 Å². The molecule has 164 valence electrons. The first-order valence-electron chi connectivity index (χ1n) is 10.2. The molecular weight excluding hydrogens is 402 g/mol. The number of nitrogens with zero attached hydrogens (tertiary/aromatic N) is 2. The van der Waals surface area contributed by atoms with Gasteiger partial charge >= 0.3 is 6.09 Å². The number of carbonyl (C=O) groups is 2. The lowest BCUT2D eigenvalue weighted by atomic mass is 10.0. The van der Waals surface area contributed by atoms with E-state index in [0.717, 1.165) is 17.5 Å². The average Bonchev–Trinajstić information content (AvgIpc) is 3.04. The molecule has 2 amide bonds. The molecule has 0 spiro atoms. The Kier molecular flexibility index (Phi) is 9.04. The summed E-state index contributed by atoms with van der Waals surface area (Å²) in [5, 5.41) is 12.8. The predicted molar refractivity (Wildman–Crippen MR) is 119 cm³/mol. The topological polar surface area (TPSA) is 101 Å². The van der Waals surface area contributed by atoms with Crippen LogP contribution in [0.25, 0.3) is 11.4 Å². The molecule has 9 heteroatoms. The van der Waals surface area contributed by atoms with Crippen LogP contribution in [0.5, 0.6) is 0 Å². The summed E-state index contributed by atoms with van der Waals surface area (Å²) in [6, 6.07) is 7.78. The van der Waals surface area contributed by atoms with Crippen LogP contribution in [0.1, 0.15) is 39.2 Å². The Morgan fingerprint density at radius 2 is 2.10 bits per heavy atom. The van der Waals surface area contributed by atoms with Crippen molar-refractivity contribution in [2.75, 3.05) is 13.2 Å². The van der Waals surface area contributed by atoms with Gasteiger partial charge in [0.05, 0.1) is 6.61 Å². The van der Waals surface area contributed by atoms with Gasteiger partial charge in [0, 0.05) is 31.1 Å². The van der Waals surface area contributed by atoms with Crippen LogP contribution in [0, 0.1) is 17.6 Å². The van der Waals surface area contributed by atoms with Crippen molar-refractivity contribution >= 4 is 24.2 Å². The number of ether oxygens (including phenoxy) is 1. The van der Waals surface area contributed by atoms with E-state index in [0.29, 0.717) is 36.2 Å². The zero-order valence-corrected chi connectivity index (χ0v) is 18.8. The molecule has 0 saturated carbocycles. The molecule has 1 unspecified atom stereocenters. The summed E-state index contributed by atoms with van der Waals surface area (Å²) >= 11 is 5.34. The van der Waals surface area contributed by atoms with Gasteiger partial charge in [0.15, 0.2) is 10.6 Å². The smallest absolute Gasteiger partial charge is 0.407 e. The molecule has 30 heavy (non-hydrogen) atoms. The fraction of sp³-hybridized carbons (Fsp3) is 0.524. The number of hydrogen-bond donors (Lipinski definition) is 3. The van der Waals surface area contributed by atoms with Crippen LogP contribution in [0.2, 0.25) is 0 Å². The van der Waals surface area contributed by atoms with Crippen molar-refractivity contribution in [2.45, 2.75) is 53.1 Å². The van der Waals surface area contributed by atoms with Gasteiger partial charge in [-0.05, 0) is 44.5 Å². The summed E-state index contributed by atoms with van der Waals surface area (Å²) < 4.78 is 7.24. The number of aromatic amines is 1. The molecule has 2 rings (SSSR count). The first kappa shape index (κ1) is 23.6. The van der Waals surface area contributed by atoms with Crippen LogP contribution in [-0.2, 0) is 16.1 Å². The van der Waals surface area contributed by atoms with E-state index in [2.05, 4.69) is 34.7 Å². The number of aromatic nitrogens is 3. The van der Waals surface area contributed by atoms with Crippen LogP contribution in [0.4, 0.5) is 4.79 Å². The number of hydrogen-bond acceptors (Lipinski definition) is 5. The Balaban J connectivity index is 1.95. The van der Waals surface area contributed by atoms with E-state index in [1.165, 1.54) is 0 Å². The third kappa shape index (κ3) is 7.29. The highest BCUT2D eigenvalue weighted by Gasteiger charge is 2.16. The standard InChI is InChI=1S/C21H31N5O3S/c1-5-29-21(28)23-17(11-14(2)3)13-22-18(27)9-10-26-19(24-25-20(26)30)16-8-6-7-15(4)12-16/h6-8,12,14,17H,5,9-11,13H2,1-4H3,(H,22,27)(H,23,28)(H,25,30). The average molecular weight is 434 g/mol. The van der Waals surface area contributed by atoms with Crippen molar-refractivity contribution in [3.63, 3.8) is 0 Å². The van der Waals surface area contributed by atoms with Gasteiger partial charge < -0.3 is 15.4 Å². The van der Waals surface area contributed by atoms with Crippen molar-refractivity contribution < 1.29 is 14.3 Å². The van der Waals surface area contributed by atoms with Gasteiger partial charge in [-0.15, -0.1) is 0 Å². The zero-order chi connectivity index (χ0) is 22.1. The largest absolute Gasteiger partial charge is 0.450 e. The first-order valence-corrected chi connectivity index (χ1v) is 10.6. The minimum absolute atomic E-state index is 0.118. The molecule has 0 aliphatic rings. The quantitative estimate of drug-likeness (QED) is 0.497. The molecule has 1 aromatic heterocycles. The van der Waals surface area contributed by atoms with Gasteiger partial charge in [-0.25, -0.2) is 4.79 Å². The molecule has 3 N–H and O–H groups in total. The number of carbonyl (C=O) groups excluding carboxylic acids is 2. The summed E-state index contributed by atoms with van der Waals surface area (Å²) in [5.41, 5.74) is 2.06. The lowest BCUT2D eigenvalue weighted by Crippen LogP contribution is -2.44. The highest BCUT2D eigenvalue weighted by Crippen LogP contribution is 2.18. The molecule has 0 aliphatic carbocycles. The van der Waals surface area contributed by atoms with E-state index in [4.69, 9.17) is 17.0 Å². The number of H-pyrrole nitrogens is 1. The summed E-state index contributed by atoms with van der Waals surface area (Å²) in [4.78, 5) is 24.1. The predicted octanol–water partition coefficient (Wildman–Crippen LogP) is 3.58. The second-order valence-corrected chi connectivity index (χ2v) is 8.01. The number of amides is 2. The summed E-state index contributed by atoms with van der Waals surface area (Å²) in [6.45, 7) is 8.96. The zero-order valence-electron chi connectivity index (χ0n) is 18.0. The van der Waals surface area contributed by atoms with Gasteiger partial charge in [0.1, 0.15) is 0 Å². The van der Waals surface area contributed by atoms with Gasteiger partial charge in [-0.2, -0.15) is 5.10 Å². The summed E-state index contributed by atoms with van der Waals surface area (Å²) in [6.07, 6.45) is 0.522. The van der Waals surface area contributed by atoms with Gasteiger partial charge in [-0.3, -0.25) is 14.5 Å². The van der Waals surface area contributed by atoms with Gasteiger partial charge in [0.2, 0.25) is 5.91 Å². The monoisotopic (exact) mass is 433 g/mol. The maximum absolute atomic E-state index is 12.4.